The molecule has 31 heteroatoms. The maximum atomic E-state index is 15.6. The van der Waals surface area contributed by atoms with Crippen LogP contribution in [0.15, 0.2) is 12.2 Å². The molecule has 7 aliphatic rings. The first kappa shape index (κ1) is 84.3. The first-order chi connectivity index (χ1) is 48.8. The monoisotopic (exact) mass is 1480 g/mol. The summed E-state index contributed by atoms with van der Waals surface area (Å²) < 4.78 is 108. The average Bonchev–Trinajstić information content (AvgIpc) is 1.53. The normalized spacial score (nSPS) is 32.6. The number of ether oxygens (including phenoxy) is 1. The number of alkyl halides is 7. The molecule has 24 nitrogen and oxygen atoms in total. The summed E-state index contributed by atoms with van der Waals surface area (Å²) in [4.78, 5) is 189. The van der Waals surface area contributed by atoms with Crippen molar-refractivity contribution >= 4 is 70.8 Å². The number of carbonyl (C=O) groups is 12. The topological polar surface area (TPSA) is 276 Å². The summed E-state index contributed by atoms with van der Waals surface area (Å²) in [5, 5.41) is 8.47. The van der Waals surface area contributed by atoms with Crippen molar-refractivity contribution in [2.45, 2.75) is 254 Å². The minimum atomic E-state index is -5.20. The average molecular weight is 1480 g/mol. The van der Waals surface area contributed by atoms with Crippen LogP contribution in [0.5, 0.6) is 0 Å². The number of likely N-dealkylation sites (N-methyl/N-ethyl adjacent to an activating group) is 7. The van der Waals surface area contributed by atoms with Crippen LogP contribution in [0.1, 0.15) is 175 Å². The number of halogens is 7. The predicted octanol–water partition coefficient (Wildman–Crippen LogP) is 6.17. The summed E-state index contributed by atoms with van der Waals surface area (Å²) in [5.74, 6) is -20.2. The molecule has 13 atom stereocenters. The van der Waals surface area contributed by atoms with Gasteiger partial charge in [0.2, 0.25) is 70.9 Å². The van der Waals surface area contributed by atoms with Crippen molar-refractivity contribution in [2.24, 2.45) is 41.4 Å². The van der Waals surface area contributed by atoms with E-state index in [9.17, 15) is 50.7 Å². The molecular weight excluding hydrogens is 1370 g/mol. The summed E-state index contributed by atoms with van der Waals surface area (Å²) in [5.41, 5.74) is -1.67. The fourth-order valence-corrected chi connectivity index (χ4v) is 16.8. The first-order valence-corrected chi connectivity index (χ1v) is 37.3. The van der Waals surface area contributed by atoms with E-state index in [1.165, 1.54) is 78.0 Å². The molecule has 0 radical (unpaired) electrons. The van der Waals surface area contributed by atoms with E-state index in [1.807, 2.05) is 0 Å². The molecule has 1 saturated heterocycles. The van der Waals surface area contributed by atoms with Gasteiger partial charge in [-0.2, -0.15) is 13.2 Å². The van der Waals surface area contributed by atoms with Gasteiger partial charge in [-0.1, -0.05) is 58.1 Å². The predicted molar refractivity (Wildman–Crippen MR) is 368 cm³/mol. The van der Waals surface area contributed by atoms with Gasteiger partial charge in [0, 0.05) is 88.3 Å². The van der Waals surface area contributed by atoms with Crippen molar-refractivity contribution in [2.75, 3.05) is 82.6 Å². The molecule has 3 unspecified atom stereocenters. The fourth-order valence-electron chi connectivity index (χ4n) is 16.8. The molecule has 2 heterocycles. The maximum Gasteiger partial charge on any atom is 0.397 e. The van der Waals surface area contributed by atoms with Gasteiger partial charge in [-0.25, -0.2) is 17.6 Å². The quantitative estimate of drug-likeness (QED) is 0.155. The zero-order valence-electron chi connectivity index (χ0n) is 62.6. The highest BCUT2D eigenvalue weighted by Crippen LogP contribution is 2.46. The summed E-state index contributed by atoms with van der Waals surface area (Å²) in [6.45, 7) is 5.12. The summed E-state index contributed by atoms with van der Waals surface area (Å²) in [6.07, 6.45) is -8.24. The smallest absolute Gasteiger partial charge is 0.378 e. The van der Waals surface area contributed by atoms with Gasteiger partial charge in [0.25, 0.3) is 0 Å². The Morgan fingerprint density at radius 3 is 1.88 bits per heavy atom. The van der Waals surface area contributed by atoms with Gasteiger partial charge in [-0.3, -0.25) is 57.5 Å². The summed E-state index contributed by atoms with van der Waals surface area (Å²) in [6, 6.07) is -9.70. The third kappa shape index (κ3) is 20.2. The van der Waals surface area contributed by atoms with Gasteiger partial charge in [0.1, 0.15) is 60.1 Å². The zero-order chi connectivity index (χ0) is 77.2. The lowest BCUT2D eigenvalue weighted by molar-refractivity contribution is -0.219. The molecule has 1 spiro atoms. The second kappa shape index (κ2) is 36.1. The SMILES string of the molecule is CCO[C@H]1CC2C(=O)[C@H](CCC3CC(F)C(C(F)(F)F)C(F)C3)NC(=O)CN(C)C(=O)[C@H](CC3CCC(F)(F)CC3)N3CC/C=C\C[C@@H](C3=O)N(C)C(=O)CN(C)C(=O)[C@H]([C@@H](C)CC)NC(=O)[C@H](C)N(C)C(=O)C[C@@H](C(=O)N(C)C)N(C)C(=O)[C@H](C3CCCC3)N(C)C(=O)C3(CCCC3)NC(=O)[C@@H]2C1. The van der Waals surface area contributed by atoms with E-state index in [0.29, 0.717) is 44.9 Å². The van der Waals surface area contributed by atoms with E-state index in [-0.39, 0.29) is 77.4 Å². The van der Waals surface area contributed by atoms with Crippen LogP contribution < -0.4 is 16.0 Å². The molecule has 0 aromatic rings. The number of carbonyl (C=O) groups excluding carboxylic acids is 12. The van der Waals surface area contributed by atoms with Crippen LogP contribution in [0.4, 0.5) is 30.7 Å². The van der Waals surface area contributed by atoms with E-state index in [2.05, 4.69) is 16.0 Å². The van der Waals surface area contributed by atoms with Crippen LogP contribution in [0, 0.1) is 41.4 Å². The molecular formula is C73H112F7N11O13. The molecule has 3 N–H and O–H groups in total. The molecule has 586 valence electrons. The summed E-state index contributed by atoms with van der Waals surface area (Å²) in [7, 11) is 10.9. The second-order valence-corrected chi connectivity index (χ2v) is 30.9. The number of nitrogens with one attached hydrogen (secondary N) is 3. The second-order valence-electron chi connectivity index (χ2n) is 30.9. The third-order valence-electron chi connectivity index (χ3n) is 23.6. The van der Waals surface area contributed by atoms with E-state index in [0.717, 1.165) is 24.5 Å². The Bertz CT molecular complexity index is 3110. The number of nitrogens with zero attached hydrogens (tertiary/aromatic N) is 8. The molecule has 7 rings (SSSR count). The summed E-state index contributed by atoms with van der Waals surface area (Å²) >= 11 is 0. The minimum Gasteiger partial charge on any atom is -0.378 e. The number of rotatable bonds is 11. The fraction of sp³-hybridized carbons (Fsp3) is 0.808. The molecule has 6 fully saturated rings. The van der Waals surface area contributed by atoms with Gasteiger partial charge in [0.05, 0.1) is 37.6 Å². The Hall–Kier alpha value is -6.95. The molecule has 11 amide bonds. The minimum absolute atomic E-state index is 0.0388. The van der Waals surface area contributed by atoms with Crippen LogP contribution in [0.2, 0.25) is 0 Å². The van der Waals surface area contributed by atoms with Gasteiger partial charge >= 0.3 is 6.18 Å². The standard InChI is InChI=1S/C73H112F7N11O13/c1-13-42(3)60-68(101)86(8)41-58(94)88(10)53-24-16-15-21-33-91(67(53)100)55(36-44-27-31-72(76,77)32-28-44)66(99)85(7)40-56(92)81-52(26-25-45-34-50(74)59(51(75)35-45)73(78,79)80)62(95)48-37-47(104-14-2)38-49(48)64(97)83-71(29-19-20-30-71)70(103)90(12)61(46-22-17-18-23-46)69(102)89(11)54(65(98)84(5)6)39-57(93)87(9)43(4)63(96)82-60/h15-16,42-55,59-61H,13-14,17-41H2,1-12H3,(H,81,92)(H,82,96)(H,83,97)/b16-15-/t42-,43-,45?,47-,48?,49+,50?,51?,52-,53-,54-,55-,59?,60-,61-/m0/s1. The molecule has 2 aliphatic heterocycles. The lowest BCUT2D eigenvalue weighted by Crippen LogP contribution is -2.64. The number of hydrogen-bond donors (Lipinski definition) is 3. The highest BCUT2D eigenvalue weighted by Gasteiger charge is 2.56. The maximum absolute atomic E-state index is 15.6. The van der Waals surface area contributed by atoms with E-state index in [4.69, 9.17) is 4.74 Å². The van der Waals surface area contributed by atoms with Gasteiger partial charge in [0.15, 0.2) is 5.78 Å². The van der Waals surface area contributed by atoms with Crippen LogP contribution in [-0.4, -0.2) is 271 Å². The Labute approximate surface area is 606 Å². The van der Waals surface area contributed by atoms with E-state index >= 15 is 37.5 Å². The van der Waals surface area contributed by atoms with Crippen LogP contribution >= 0.6 is 0 Å². The highest BCUT2D eigenvalue weighted by molar-refractivity contribution is 6.01. The highest BCUT2D eigenvalue weighted by atomic mass is 19.4. The number of amides is 11. The van der Waals surface area contributed by atoms with Crippen molar-refractivity contribution in [3.05, 3.63) is 12.2 Å². The van der Waals surface area contributed by atoms with Crippen molar-refractivity contribution < 1.29 is 93.0 Å². The van der Waals surface area contributed by atoms with Gasteiger partial charge in [-0.15, -0.1) is 0 Å². The van der Waals surface area contributed by atoms with Crippen LogP contribution in [-0.2, 0) is 62.3 Å². The molecule has 0 aromatic heterocycles. The third-order valence-corrected chi connectivity index (χ3v) is 23.6. The van der Waals surface area contributed by atoms with Crippen LogP contribution in [0.3, 0.4) is 0 Å². The van der Waals surface area contributed by atoms with E-state index < -0.39 is 242 Å². The molecule has 104 heavy (non-hydrogen) atoms. The molecule has 5 aliphatic carbocycles. The lowest BCUT2D eigenvalue weighted by Gasteiger charge is -2.41. The van der Waals surface area contributed by atoms with Crippen molar-refractivity contribution in [1.82, 2.24) is 55.1 Å². The van der Waals surface area contributed by atoms with Gasteiger partial charge < -0.3 is 59.9 Å². The number of fused-ring (bicyclic) bond motifs is 3. The largest absolute Gasteiger partial charge is 0.397 e. The van der Waals surface area contributed by atoms with Crippen molar-refractivity contribution in [3.8, 4) is 0 Å². The van der Waals surface area contributed by atoms with Crippen molar-refractivity contribution in [3.63, 3.8) is 0 Å². The number of ketones is 1. The van der Waals surface area contributed by atoms with Crippen molar-refractivity contribution in [1.29, 1.82) is 0 Å². The number of hydrogen-bond acceptors (Lipinski definition) is 13. The first-order valence-electron chi connectivity index (χ1n) is 37.3. The van der Waals surface area contributed by atoms with Crippen LogP contribution in [0.25, 0.3) is 0 Å². The Kier molecular flexibility index (Phi) is 29.3. The van der Waals surface area contributed by atoms with Gasteiger partial charge in [-0.05, 0) is 134 Å². The Balaban J connectivity index is 1.31. The molecule has 5 saturated carbocycles. The Morgan fingerprint density at radius 2 is 1.29 bits per heavy atom. The lowest BCUT2D eigenvalue weighted by atomic mass is 9.76. The van der Waals surface area contributed by atoms with E-state index in [1.54, 1.807) is 32.9 Å². The molecule has 2 bridgehead atoms. The zero-order valence-corrected chi connectivity index (χ0v) is 62.6. The molecule has 0 aromatic carbocycles. The Morgan fingerprint density at radius 1 is 0.683 bits per heavy atom. The number of Topliss-reactive ketones (excluding diaryl/α,β-unsaturated/α-hetero) is 1.